The number of amides is 1. The summed E-state index contributed by atoms with van der Waals surface area (Å²) in [5, 5.41) is 0.841. The number of benzene rings is 2. The summed E-state index contributed by atoms with van der Waals surface area (Å²) in [6.45, 7) is 1.58. The van der Waals surface area contributed by atoms with Crippen LogP contribution < -0.4 is 4.74 Å². The fraction of sp³-hybridized carbons (Fsp3) is 0.227. The zero-order valence-electron chi connectivity index (χ0n) is 16.5. The quantitative estimate of drug-likeness (QED) is 0.434. The number of ether oxygens (including phenoxy) is 2. The first-order valence-corrected chi connectivity index (χ1v) is 9.89. The van der Waals surface area contributed by atoms with E-state index in [9.17, 15) is 9.59 Å². The lowest BCUT2D eigenvalue weighted by atomic mass is 10.2. The highest BCUT2D eigenvalue weighted by molar-refractivity contribution is 7.18. The van der Waals surface area contributed by atoms with Crippen LogP contribution in [0, 0.1) is 0 Å². The molecule has 0 N–H and O–H groups in total. The van der Waals surface area contributed by atoms with Crippen molar-refractivity contribution in [2.75, 3.05) is 20.8 Å². The van der Waals surface area contributed by atoms with E-state index in [1.807, 2.05) is 43.3 Å². The maximum Gasteiger partial charge on any atom is 0.331 e. The van der Waals surface area contributed by atoms with Crippen molar-refractivity contribution >= 4 is 39.5 Å². The minimum atomic E-state index is -0.574. The van der Waals surface area contributed by atoms with Gasteiger partial charge in [-0.05, 0) is 42.8 Å². The maximum atomic E-state index is 12.4. The van der Waals surface area contributed by atoms with E-state index in [1.54, 1.807) is 43.7 Å². The number of nitrogens with zero attached hydrogens (tertiary/aromatic N) is 2. The lowest BCUT2D eigenvalue weighted by molar-refractivity contribution is -0.148. The van der Waals surface area contributed by atoms with E-state index in [0.29, 0.717) is 0 Å². The molecule has 1 amide bonds. The number of likely N-dealkylation sites (N-methyl/N-ethyl adjacent to an activating group) is 1. The van der Waals surface area contributed by atoms with Crippen LogP contribution in [0.5, 0.6) is 5.75 Å². The standard InChI is InChI=1S/C22H22N2O4S/c1-15(22-23-18-6-4-5-7-19(18)29-22)24(2)20(25)14-28-21(26)13-10-16-8-11-17(27-3)12-9-16/h4-13,15H,14H2,1-3H3/b13-10+/t15-/m1/s1. The number of para-hydroxylation sites is 1. The minimum absolute atomic E-state index is 0.214. The third-order valence-electron chi connectivity index (χ3n) is 4.51. The number of fused-ring (bicyclic) bond motifs is 1. The molecule has 7 heteroatoms. The number of thiazole rings is 1. The van der Waals surface area contributed by atoms with Crippen molar-refractivity contribution in [1.29, 1.82) is 0 Å². The van der Waals surface area contributed by atoms with Gasteiger partial charge in [0, 0.05) is 13.1 Å². The molecule has 0 aliphatic carbocycles. The van der Waals surface area contributed by atoms with Crippen LogP contribution in [0.2, 0.25) is 0 Å². The van der Waals surface area contributed by atoms with E-state index in [4.69, 9.17) is 9.47 Å². The van der Waals surface area contributed by atoms with Gasteiger partial charge in [0.25, 0.3) is 5.91 Å². The van der Waals surface area contributed by atoms with Crippen molar-refractivity contribution in [3.8, 4) is 5.75 Å². The molecule has 29 heavy (non-hydrogen) atoms. The normalized spacial score (nSPS) is 12.1. The smallest absolute Gasteiger partial charge is 0.331 e. The largest absolute Gasteiger partial charge is 0.497 e. The molecule has 0 bridgehead atoms. The summed E-state index contributed by atoms with van der Waals surface area (Å²) in [5.41, 5.74) is 1.74. The van der Waals surface area contributed by atoms with Gasteiger partial charge in [0.2, 0.25) is 0 Å². The molecule has 0 fully saturated rings. The highest BCUT2D eigenvalue weighted by Gasteiger charge is 2.21. The average molecular weight is 410 g/mol. The molecule has 3 rings (SSSR count). The van der Waals surface area contributed by atoms with Gasteiger partial charge in [-0.3, -0.25) is 4.79 Å². The molecular weight excluding hydrogens is 388 g/mol. The Labute approximate surface area is 173 Å². The van der Waals surface area contributed by atoms with Crippen LogP contribution in [0.25, 0.3) is 16.3 Å². The van der Waals surface area contributed by atoms with Crippen molar-refractivity contribution in [3.63, 3.8) is 0 Å². The van der Waals surface area contributed by atoms with Gasteiger partial charge in [-0.2, -0.15) is 0 Å². The van der Waals surface area contributed by atoms with Gasteiger partial charge >= 0.3 is 5.97 Å². The van der Waals surface area contributed by atoms with Gasteiger partial charge in [-0.1, -0.05) is 24.3 Å². The topological polar surface area (TPSA) is 68.7 Å². The van der Waals surface area contributed by atoms with Crippen LogP contribution in [-0.2, 0) is 14.3 Å². The predicted molar refractivity (Wildman–Crippen MR) is 114 cm³/mol. The molecule has 150 valence electrons. The summed E-state index contributed by atoms with van der Waals surface area (Å²) >= 11 is 1.55. The van der Waals surface area contributed by atoms with E-state index in [2.05, 4.69) is 4.98 Å². The second-order valence-corrected chi connectivity index (χ2v) is 7.48. The lowest BCUT2D eigenvalue weighted by Crippen LogP contribution is -2.33. The van der Waals surface area contributed by atoms with E-state index in [1.165, 1.54) is 11.0 Å². The molecule has 3 aromatic rings. The lowest BCUT2D eigenvalue weighted by Gasteiger charge is -2.22. The molecule has 0 aliphatic rings. The Morgan fingerprint density at radius 2 is 1.90 bits per heavy atom. The van der Waals surface area contributed by atoms with E-state index in [0.717, 1.165) is 26.5 Å². The van der Waals surface area contributed by atoms with Crippen LogP contribution in [-0.4, -0.2) is 42.5 Å². The van der Waals surface area contributed by atoms with Crippen molar-refractivity contribution in [2.45, 2.75) is 13.0 Å². The summed E-state index contributed by atoms with van der Waals surface area (Å²) in [6, 6.07) is 14.9. The third-order valence-corrected chi connectivity index (χ3v) is 5.71. The fourth-order valence-electron chi connectivity index (χ4n) is 2.61. The Morgan fingerprint density at radius 1 is 1.17 bits per heavy atom. The summed E-state index contributed by atoms with van der Waals surface area (Å²) < 4.78 is 11.2. The first-order valence-electron chi connectivity index (χ1n) is 9.08. The van der Waals surface area contributed by atoms with E-state index in [-0.39, 0.29) is 18.6 Å². The summed E-state index contributed by atoms with van der Waals surface area (Å²) in [6.07, 6.45) is 2.92. The molecule has 0 aliphatic heterocycles. The Kier molecular flexibility index (Phi) is 6.61. The van der Waals surface area contributed by atoms with Gasteiger partial charge in [0.05, 0.1) is 23.4 Å². The van der Waals surface area contributed by atoms with Gasteiger partial charge in [-0.25, -0.2) is 9.78 Å². The van der Waals surface area contributed by atoms with Crippen LogP contribution in [0.1, 0.15) is 23.5 Å². The molecule has 1 aromatic heterocycles. The molecule has 0 saturated heterocycles. The molecule has 0 unspecified atom stereocenters. The fourth-order valence-corrected chi connectivity index (χ4v) is 3.68. The highest BCUT2D eigenvalue weighted by Crippen LogP contribution is 2.28. The van der Waals surface area contributed by atoms with Crippen LogP contribution in [0.3, 0.4) is 0 Å². The molecule has 1 atom stereocenters. The molecular formula is C22H22N2O4S. The first kappa shape index (κ1) is 20.5. The number of hydrogen-bond donors (Lipinski definition) is 0. The molecule has 0 radical (unpaired) electrons. The average Bonchev–Trinajstić information content (AvgIpc) is 3.19. The minimum Gasteiger partial charge on any atom is -0.497 e. The van der Waals surface area contributed by atoms with Crippen LogP contribution in [0.4, 0.5) is 0 Å². The van der Waals surface area contributed by atoms with Crippen molar-refractivity contribution in [2.24, 2.45) is 0 Å². The third kappa shape index (κ3) is 5.20. The molecule has 6 nitrogen and oxygen atoms in total. The number of hydrogen-bond acceptors (Lipinski definition) is 6. The van der Waals surface area contributed by atoms with Gasteiger partial charge in [0.1, 0.15) is 10.8 Å². The van der Waals surface area contributed by atoms with Crippen molar-refractivity contribution in [1.82, 2.24) is 9.88 Å². The second kappa shape index (κ2) is 9.34. The molecule has 2 aromatic carbocycles. The molecule has 0 saturated carbocycles. The van der Waals surface area contributed by atoms with Crippen molar-refractivity contribution in [3.05, 3.63) is 65.2 Å². The van der Waals surface area contributed by atoms with E-state index >= 15 is 0 Å². The maximum absolute atomic E-state index is 12.4. The number of aromatic nitrogens is 1. The number of carbonyl (C=O) groups excluding carboxylic acids is 2. The number of rotatable bonds is 7. The SMILES string of the molecule is COc1ccc(/C=C/C(=O)OCC(=O)N(C)[C@H](C)c2nc3ccccc3s2)cc1. The van der Waals surface area contributed by atoms with Crippen LogP contribution in [0.15, 0.2) is 54.6 Å². The summed E-state index contributed by atoms with van der Waals surface area (Å²) in [7, 11) is 3.27. The number of esters is 1. The van der Waals surface area contributed by atoms with Crippen molar-refractivity contribution < 1.29 is 19.1 Å². The van der Waals surface area contributed by atoms with Gasteiger partial charge in [-0.15, -0.1) is 11.3 Å². The van der Waals surface area contributed by atoms with E-state index < -0.39 is 5.97 Å². The number of carbonyl (C=O) groups is 2. The highest BCUT2D eigenvalue weighted by atomic mass is 32.1. The predicted octanol–water partition coefficient (Wildman–Crippen LogP) is 4.08. The molecule has 0 spiro atoms. The Hall–Kier alpha value is -3.19. The Balaban J connectivity index is 1.53. The Bertz CT molecular complexity index is 994. The first-order chi connectivity index (χ1) is 14.0. The molecule has 1 heterocycles. The van der Waals surface area contributed by atoms with Gasteiger partial charge < -0.3 is 14.4 Å². The van der Waals surface area contributed by atoms with Crippen LogP contribution >= 0.6 is 11.3 Å². The second-order valence-electron chi connectivity index (χ2n) is 6.41. The Morgan fingerprint density at radius 3 is 2.59 bits per heavy atom. The zero-order valence-corrected chi connectivity index (χ0v) is 17.3. The zero-order chi connectivity index (χ0) is 20.8. The van der Waals surface area contributed by atoms with Gasteiger partial charge in [0.15, 0.2) is 6.61 Å². The summed E-state index contributed by atoms with van der Waals surface area (Å²) in [5.74, 6) is -0.126. The monoisotopic (exact) mass is 410 g/mol. The number of methoxy groups -OCH3 is 1. The summed E-state index contributed by atoms with van der Waals surface area (Å²) in [4.78, 5) is 30.4.